The molecule has 0 atom stereocenters. The summed E-state index contributed by atoms with van der Waals surface area (Å²) in [7, 11) is -8.04. The number of hydrogen-bond acceptors (Lipinski definition) is 9. The minimum absolute atomic E-state index is 0.0925. The van der Waals surface area contributed by atoms with E-state index in [1.54, 1.807) is 0 Å². The van der Waals surface area contributed by atoms with Gasteiger partial charge in [0.1, 0.15) is 15.0 Å². The Bertz CT molecular complexity index is 992. The Balaban J connectivity index is 1.93. The monoisotopic (exact) mass is 451 g/mol. The van der Waals surface area contributed by atoms with E-state index in [1.165, 1.54) is 19.1 Å². The molecule has 156 valence electrons. The van der Waals surface area contributed by atoms with Crippen molar-refractivity contribution in [1.29, 1.82) is 0 Å². The summed E-state index contributed by atoms with van der Waals surface area (Å²) in [5, 5.41) is 5.15. The van der Waals surface area contributed by atoms with E-state index in [9.17, 15) is 21.6 Å². The summed E-state index contributed by atoms with van der Waals surface area (Å²) in [5.41, 5.74) is 0.480. The van der Waals surface area contributed by atoms with Gasteiger partial charge in [-0.15, -0.1) is 11.3 Å². The molecule has 13 heteroatoms. The van der Waals surface area contributed by atoms with Gasteiger partial charge in [-0.05, 0) is 12.1 Å². The fourth-order valence-corrected chi connectivity index (χ4v) is 7.00. The van der Waals surface area contributed by atoms with Crippen LogP contribution in [-0.4, -0.2) is 78.0 Å². The van der Waals surface area contributed by atoms with Crippen LogP contribution in [0.15, 0.2) is 20.2 Å². The lowest BCUT2D eigenvalue weighted by Gasteiger charge is -2.33. The molecule has 0 unspecified atom stereocenters. The number of nitrogens with two attached hydrogens (primary N) is 1. The lowest BCUT2D eigenvalue weighted by atomic mass is 10.2. The molecule has 2 aliphatic rings. The third kappa shape index (κ3) is 4.55. The second kappa shape index (κ2) is 8.08. The molecule has 1 fully saturated rings. The van der Waals surface area contributed by atoms with E-state index in [2.05, 4.69) is 4.90 Å². The highest BCUT2D eigenvalue weighted by Crippen LogP contribution is 2.38. The molecule has 0 amide bonds. The Labute approximate surface area is 167 Å². The van der Waals surface area contributed by atoms with Gasteiger partial charge in [0.25, 0.3) is 10.0 Å². The van der Waals surface area contributed by atoms with E-state index in [-0.39, 0.29) is 32.8 Å². The zero-order chi connectivity index (χ0) is 20.5. The van der Waals surface area contributed by atoms with Crippen LogP contribution < -0.4 is 5.14 Å². The summed E-state index contributed by atoms with van der Waals surface area (Å²) in [4.78, 5) is 13.3. The molecule has 1 aromatic heterocycles. The summed E-state index contributed by atoms with van der Waals surface area (Å²) in [6, 6.07) is 1.22. The fraction of sp³-hybridized carbons (Fsp3) is 0.533. The number of fused-ring (bicyclic) bond motifs is 1. The van der Waals surface area contributed by atoms with Gasteiger partial charge < -0.3 is 9.47 Å². The van der Waals surface area contributed by atoms with Crippen molar-refractivity contribution in [3.05, 3.63) is 17.3 Å². The number of ether oxygens (including phenoxy) is 2. The van der Waals surface area contributed by atoms with Crippen molar-refractivity contribution in [2.24, 2.45) is 5.14 Å². The molecular weight excluding hydrogens is 430 g/mol. The number of carbonyl (C=O) groups is 1. The highest BCUT2D eigenvalue weighted by Gasteiger charge is 2.36. The van der Waals surface area contributed by atoms with Crippen molar-refractivity contribution in [2.75, 3.05) is 46.0 Å². The topological polar surface area (TPSA) is 136 Å². The molecule has 1 aromatic rings. The molecule has 0 aliphatic carbocycles. The first-order chi connectivity index (χ1) is 13.1. The predicted molar refractivity (Wildman–Crippen MR) is 101 cm³/mol. The molecule has 0 radical (unpaired) electrons. The van der Waals surface area contributed by atoms with E-state index >= 15 is 0 Å². The third-order valence-electron chi connectivity index (χ3n) is 4.30. The van der Waals surface area contributed by atoms with Crippen molar-refractivity contribution in [1.82, 2.24) is 9.21 Å². The van der Waals surface area contributed by atoms with Crippen molar-refractivity contribution < 1.29 is 31.1 Å². The van der Waals surface area contributed by atoms with Gasteiger partial charge in [-0.2, -0.15) is 0 Å². The second-order valence-electron chi connectivity index (χ2n) is 6.30. The first-order valence-corrected chi connectivity index (χ1v) is 12.2. The molecule has 3 heterocycles. The summed E-state index contributed by atoms with van der Waals surface area (Å²) in [5.74, 6) is -0.548. The first-order valence-electron chi connectivity index (χ1n) is 8.42. The smallest absolute Gasteiger partial charge is 0.303 e. The maximum absolute atomic E-state index is 13.1. The Hall–Kier alpha value is -1.51. The number of morpholine rings is 1. The molecule has 0 aromatic carbocycles. The van der Waals surface area contributed by atoms with Crippen molar-refractivity contribution in [2.45, 2.75) is 15.3 Å². The van der Waals surface area contributed by atoms with Crippen LogP contribution >= 0.6 is 11.3 Å². The van der Waals surface area contributed by atoms with Crippen LogP contribution in [-0.2, 0) is 34.3 Å². The highest BCUT2D eigenvalue weighted by atomic mass is 32.3. The highest BCUT2D eigenvalue weighted by molar-refractivity contribution is 7.94. The van der Waals surface area contributed by atoms with Crippen LogP contribution in [0.5, 0.6) is 0 Å². The van der Waals surface area contributed by atoms with Gasteiger partial charge in [-0.25, -0.2) is 22.0 Å². The molecule has 2 aliphatic heterocycles. The van der Waals surface area contributed by atoms with Gasteiger partial charge in [0.15, 0.2) is 0 Å². The Morgan fingerprint density at radius 3 is 2.61 bits per heavy atom. The Morgan fingerprint density at radius 2 is 2.00 bits per heavy atom. The fourth-order valence-electron chi connectivity index (χ4n) is 2.92. The van der Waals surface area contributed by atoms with E-state index in [4.69, 9.17) is 14.6 Å². The van der Waals surface area contributed by atoms with E-state index < -0.39 is 26.0 Å². The number of carbonyl (C=O) groups excluding carboxylic acids is 1. The molecule has 1 saturated heterocycles. The third-order valence-corrected chi connectivity index (χ3v) is 9.25. The van der Waals surface area contributed by atoms with E-state index in [0.29, 0.717) is 44.2 Å². The van der Waals surface area contributed by atoms with Crippen LogP contribution in [0.25, 0.3) is 6.08 Å². The van der Waals surface area contributed by atoms with E-state index in [0.717, 1.165) is 4.31 Å². The average Bonchev–Trinajstić information content (AvgIpc) is 3.05. The number of esters is 1. The van der Waals surface area contributed by atoms with E-state index in [1.807, 2.05) is 0 Å². The van der Waals surface area contributed by atoms with Crippen LogP contribution in [0, 0.1) is 0 Å². The second-order valence-corrected chi connectivity index (χ2v) is 11.2. The maximum Gasteiger partial charge on any atom is 0.303 e. The normalized spacial score (nSPS) is 19.8. The molecule has 3 rings (SSSR count). The quantitative estimate of drug-likeness (QED) is 0.579. The number of nitrogens with zero attached hydrogens (tertiary/aromatic N) is 2. The molecular formula is C15H21N3O7S3. The summed E-state index contributed by atoms with van der Waals surface area (Å²) in [6.45, 7) is 4.13. The standard InChI is InChI=1S/C15H21N3O7S3/c1-11(19)25-10-13-8-12-9-14(27(16,20)21)26-15(12)28(22,23)18(13)3-2-17-4-6-24-7-5-17/h8-9H,2-7,10H2,1H3,(H2,16,20,21). The number of primary sulfonamides is 1. The van der Waals surface area contributed by atoms with Crippen LogP contribution in [0.2, 0.25) is 0 Å². The zero-order valence-corrected chi connectivity index (χ0v) is 17.6. The minimum Gasteiger partial charge on any atom is -0.459 e. The summed E-state index contributed by atoms with van der Waals surface area (Å²) >= 11 is 0.612. The largest absolute Gasteiger partial charge is 0.459 e. The average molecular weight is 452 g/mol. The molecule has 0 spiro atoms. The zero-order valence-electron chi connectivity index (χ0n) is 15.2. The van der Waals surface area contributed by atoms with Crippen molar-refractivity contribution in [3.63, 3.8) is 0 Å². The lowest BCUT2D eigenvalue weighted by Crippen LogP contribution is -2.43. The van der Waals surface area contributed by atoms with Gasteiger partial charge in [0.05, 0.1) is 18.9 Å². The number of thiophene rings is 1. The minimum atomic E-state index is -4.04. The SMILES string of the molecule is CC(=O)OCC1=Cc2cc(S(N)(=O)=O)sc2S(=O)(=O)N1CCN1CCOCC1. The van der Waals surface area contributed by atoms with Gasteiger partial charge in [0.2, 0.25) is 10.0 Å². The van der Waals surface area contributed by atoms with Crippen molar-refractivity contribution in [3.8, 4) is 0 Å². The lowest BCUT2D eigenvalue weighted by molar-refractivity contribution is -0.140. The Kier molecular flexibility index (Phi) is 6.12. The predicted octanol–water partition coefficient (Wildman–Crippen LogP) is -0.364. The van der Waals surface area contributed by atoms with Gasteiger partial charge in [0, 0.05) is 38.7 Å². The van der Waals surface area contributed by atoms with Crippen LogP contribution in [0.3, 0.4) is 0 Å². The number of rotatable bonds is 6. The maximum atomic E-state index is 13.1. The molecule has 2 N–H and O–H groups in total. The van der Waals surface area contributed by atoms with Gasteiger partial charge in [-0.1, -0.05) is 0 Å². The summed E-state index contributed by atoms with van der Waals surface area (Å²) in [6.07, 6.45) is 1.52. The Morgan fingerprint density at radius 1 is 1.32 bits per heavy atom. The first kappa shape index (κ1) is 21.2. The number of sulfonamides is 2. The molecule has 0 bridgehead atoms. The number of hydrogen-bond donors (Lipinski definition) is 1. The van der Waals surface area contributed by atoms with Gasteiger partial charge >= 0.3 is 5.97 Å². The van der Waals surface area contributed by atoms with Crippen LogP contribution in [0.1, 0.15) is 12.5 Å². The molecule has 0 saturated carbocycles. The van der Waals surface area contributed by atoms with Gasteiger partial charge in [-0.3, -0.25) is 14.0 Å². The van der Waals surface area contributed by atoms with Crippen molar-refractivity contribution >= 4 is 43.4 Å². The summed E-state index contributed by atoms with van der Waals surface area (Å²) < 4.78 is 60.7. The molecule has 10 nitrogen and oxygen atoms in total. The van der Waals surface area contributed by atoms with Crippen LogP contribution in [0.4, 0.5) is 0 Å². The molecule has 28 heavy (non-hydrogen) atoms.